The maximum absolute atomic E-state index is 13.7. The first-order valence-electron chi connectivity index (χ1n) is 11.5. The van der Waals surface area contributed by atoms with E-state index in [1.165, 1.54) is 6.42 Å². The number of rotatable bonds is 6. The third-order valence-corrected chi connectivity index (χ3v) is 8.02. The minimum Gasteiger partial charge on any atom is -0.394 e. The lowest BCUT2D eigenvalue weighted by Gasteiger charge is -2.37. The van der Waals surface area contributed by atoms with Crippen LogP contribution in [0.3, 0.4) is 0 Å². The summed E-state index contributed by atoms with van der Waals surface area (Å²) in [5.41, 5.74) is -1.76. The third kappa shape index (κ3) is 2.98. The lowest BCUT2D eigenvalue weighted by atomic mass is 9.66. The Labute approximate surface area is 178 Å². The van der Waals surface area contributed by atoms with Crippen molar-refractivity contribution in [2.24, 2.45) is 11.8 Å². The number of aliphatic hydroxyl groups is 1. The highest BCUT2D eigenvalue weighted by Gasteiger charge is 2.78. The fourth-order valence-corrected chi connectivity index (χ4v) is 6.55. The fraction of sp³-hybridized carbons (Fsp3) is 0.864. The van der Waals surface area contributed by atoms with Crippen LogP contribution >= 0.6 is 0 Å². The molecule has 6 atom stereocenters. The maximum atomic E-state index is 13.7. The molecule has 4 rings (SSSR count). The van der Waals surface area contributed by atoms with E-state index < -0.39 is 35.1 Å². The van der Waals surface area contributed by atoms with Crippen LogP contribution < -0.4 is 10.6 Å². The van der Waals surface area contributed by atoms with Crippen molar-refractivity contribution in [1.29, 1.82) is 0 Å². The SMILES string of the molecule is CC[C@@H](CO)N1C(=O)[C@@H]2[C@@H](C(=O)NC)[C@@]3(C)CCC2(O3)C1C(=O)NC1CCCCC1. The van der Waals surface area contributed by atoms with E-state index in [1.54, 1.807) is 11.9 Å². The number of fused-ring (bicyclic) bond motifs is 1. The minimum atomic E-state index is -1.01. The molecular formula is C22H35N3O5. The summed E-state index contributed by atoms with van der Waals surface area (Å²) in [6, 6.07) is -1.18. The molecular weight excluding hydrogens is 386 g/mol. The van der Waals surface area contributed by atoms with Crippen molar-refractivity contribution < 1.29 is 24.2 Å². The standard InChI is InChI=1S/C22H35N3O5/c1-4-14(12-26)25-17(19(28)24-13-8-6-5-7-9-13)22-11-10-21(2,30-22)15(18(27)23-3)16(22)20(25)29/h13-17,26H,4-12H2,1-3H3,(H,23,27)(H,24,28)/t14-,15-,16-,17?,21+,22?/m0/s1. The van der Waals surface area contributed by atoms with Crippen LogP contribution in [0.1, 0.15) is 65.2 Å². The first-order chi connectivity index (χ1) is 14.3. The molecule has 3 heterocycles. The molecule has 30 heavy (non-hydrogen) atoms. The number of amides is 3. The van der Waals surface area contributed by atoms with Crippen LogP contribution in [-0.4, -0.2) is 70.7 Å². The second-order valence-electron chi connectivity index (χ2n) is 9.68. The summed E-state index contributed by atoms with van der Waals surface area (Å²) in [6.07, 6.45) is 6.98. The van der Waals surface area contributed by atoms with Gasteiger partial charge in [0.15, 0.2) is 0 Å². The molecule has 0 aromatic rings. The molecule has 3 N–H and O–H groups in total. The first kappa shape index (κ1) is 21.6. The molecule has 2 bridgehead atoms. The Kier molecular flexibility index (Phi) is 5.60. The lowest BCUT2D eigenvalue weighted by Crippen LogP contribution is -2.59. The molecule has 8 nitrogen and oxygen atoms in total. The number of nitrogens with zero attached hydrogens (tertiary/aromatic N) is 1. The van der Waals surface area contributed by atoms with Gasteiger partial charge in [-0.05, 0) is 39.0 Å². The van der Waals surface area contributed by atoms with Gasteiger partial charge in [0.1, 0.15) is 11.6 Å². The summed E-state index contributed by atoms with van der Waals surface area (Å²) in [6.45, 7) is 3.56. The Bertz CT molecular complexity index is 720. The number of hydrogen-bond acceptors (Lipinski definition) is 5. The van der Waals surface area contributed by atoms with Gasteiger partial charge in [-0.1, -0.05) is 26.2 Å². The number of aliphatic hydroxyl groups excluding tert-OH is 1. The topological polar surface area (TPSA) is 108 Å². The van der Waals surface area contributed by atoms with E-state index in [4.69, 9.17) is 4.74 Å². The summed E-state index contributed by atoms with van der Waals surface area (Å²) < 4.78 is 6.50. The van der Waals surface area contributed by atoms with Crippen LogP contribution in [0.25, 0.3) is 0 Å². The van der Waals surface area contributed by atoms with Gasteiger partial charge in [-0.25, -0.2) is 0 Å². The number of hydrogen-bond donors (Lipinski definition) is 3. The number of nitrogens with one attached hydrogen (secondary N) is 2. The predicted molar refractivity (Wildman–Crippen MR) is 109 cm³/mol. The van der Waals surface area contributed by atoms with Gasteiger partial charge in [-0.15, -0.1) is 0 Å². The molecule has 3 aliphatic heterocycles. The van der Waals surface area contributed by atoms with E-state index in [2.05, 4.69) is 10.6 Å². The molecule has 168 valence electrons. The van der Waals surface area contributed by atoms with Crippen LogP contribution in [0.2, 0.25) is 0 Å². The molecule has 0 aromatic carbocycles. The van der Waals surface area contributed by atoms with E-state index in [0.29, 0.717) is 19.3 Å². The van der Waals surface area contributed by atoms with E-state index in [1.807, 2.05) is 13.8 Å². The van der Waals surface area contributed by atoms with Gasteiger partial charge in [0, 0.05) is 13.1 Å². The second kappa shape index (κ2) is 7.79. The van der Waals surface area contributed by atoms with Crippen LogP contribution in [0, 0.1) is 11.8 Å². The number of ether oxygens (including phenoxy) is 1. The zero-order valence-corrected chi connectivity index (χ0v) is 18.3. The first-order valence-corrected chi connectivity index (χ1v) is 11.5. The summed E-state index contributed by atoms with van der Waals surface area (Å²) >= 11 is 0. The highest BCUT2D eigenvalue weighted by molar-refractivity contribution is 5.99. The average molecular weight is 422 g/mol. The van der Waals surface area contributed by atoms with Gasteiger partial charge < -0.3 is 25.4 Å². The van der Waals surface area contributed by atoms with Crippen LogP contribution in [0.15, 0.2) is 0 Å². The molecule has 4 aliphatic rings. The summed E-state index contributed by atoms with van der Waals surface area (Å²) in [5.74, 6) is -1.99. The van der Waals surface area contributed by atoms with Crippen molar-refractivity contribution in [1.82, 2.24) is 15.5 Å². The molecule has 0 radical (unpaired) electrons. The van der Waals surface area contributed by atoms with Gasteiger partial charge in [0.2, 0.25) is 17.7 Å². The number of carbonyl (C=O) groups is 3. The van der Waals surface area contributed by atoms with Crippen LogP contribution in [-0.2, 0) is 19.1 Å². The van der Waals surface area contributed by atoms with Crippen molar-refractivity contribution in [2.45, 2.75) is 94.5 Å². The Balaban J connectivity index is 1.72. The number of likely N-dealkylation sites (tertiary alicyclic amines) is 1. The van der Waals surface area contributed by atoms with E-state index in [-0.39, 0.29) is 30.4 Å². The smallest absolute Gasteiger partial charge is 0.246 e. The van der Waals surface area contributed by atoms with Crippen molar-refractivity contribution in [3.8, 4) is 0 Å². The van der Waals surface area contributed by atoms with Crippen molar-refractivity contribution in [2.75, 3.05) is 13.7 Å². The second-order valence-corrected chi connectivity index (χ2v) is 9.68. The highest BCUT2D eigenvalue weighted by atomic mass is 16.5. The zero-order chi connectivity index (χ0) is 21.7. The van der Waals surface area contributed by atoms with E-state index in [0.717, 1.165) is 25.7 Å². The molecule has 3 saturated heterocycles. The van der Waals surface area contributed by atoms with Gasteiger partial charge in [-0.2, -0.15) is 0 Å². The Morgan fingerprint density at radius 3 is 2.53 bits per heavy atom. The molecule has 2 unspecified atom stereocenters. The zero-order valence-electron chi connectivity index (χ0n) is 18.3. The quantitative estimate of drug-likeness (QED) is 0.586. The molecule has 4 fully saturated rings. The molecule has 3 amide bonds. The summed E-state index contributed by atoms with van der Waals surface area (Å²) in [5, 5.41) is 15.9. The Morgan fingerprint density at radius 2 is 1.93 bits per heavy atom. The Hall–Kier alpha value is -1.67. The highest BCUT2D eigenvalue weighted by Crippen LogP contribution is 2.63. The largest absolute Gasteiger partial charge is 0.394 e. The van der Waals surface area contributed by atoms with Gasteiger partial charge in [0.05, 0.1) is 30.1 Å². The van der Waals surface area contributed by atoms with E-state index in [9.17, 15) is 19.5 Å². The minimum absolute atomic E-state index is 0.108. The van der Waals surface area contributed by atoms with E-state index >= 15 is 0 Å². The summed E-state index contributed by atoms with van der Waals surface area (Å²) in [4.78, 5) is 41.6. The van der Waals surface area contributed by atoms with Crippen LogP contribution in [0.5, 0.6) is 0 Å². The fourth-order valence-electron chi connectivity index (χ4n) is 6.55. The molecule has 0 aromatic heterocycles. The predicted octanol–water partition coefficient (Wildman–Crippen LogP) is 0.717. The summed E-state index contributed by atoms with van der Waals surface area (Å²) in [7, 11) is 1.57. The van der Waals surface area contributed by atoms with Gasteiger partial charge in [0.25, 0.3) is 0 Å². The lowest BCUT2D eigenvalue weighted by molar-refractivity contribution is -0.150. The van der Waals surface area contributed by atoms with Gasteiger partial charge >= 0.3 is 0 Å². The molecule has 8 heteroatoms. The van der Waals surface area contributed by atoms with Crippen molar-refractivity contribution in [3.05, 3.63) is 0 Å². The van der Waals surface area contributed by atoms with Crippen molar-refractivity contribution in [3.63, 3.8) is 0 Å². The van der Waals surface area contributed by atoms with Gasteiger partial charge in [-0.3, -0.25) is 14.4 Å². The van der Waals surface area contributed by atoms with Crippen molar-refractivity contribution >= 4 is 17.7 Å². The molecule has 1 saturated carbocycles. The Morgan fingerprint density at radius 1 is 1.23 bits per heavy atom. The normalized spacial score (nSPS) is 39.1. The molecule has 1 aliphatic carbocycles. The maximum Gasteiger partial charge on any atom is 0.246 e. The molecule has 1 spiro atoms. The average Bonchev–Trinajstić information content (AvgIpc) is 3.30. The van der Waals surface area contributed by atoms with Crippen LogP contribution in [0.4, 0.5) is 0 Å². The third-order valence-electron chi connectivity index (χ3n) is 8.02. The monoisotopic (exact) mass is 421 g/mol. The number of carbonyl (C=O) groups excluding carboxylic acids is 3.